The maximum absolute atomic E-state index is 12.3. The van der Waals surface area contributed by atoms with Crippen LogP contribution < -0.4 is 21.3 Å². The molecule has 0 heterocycles. The van der Waals surface area contributed by atoms with Crippen molar-refractivity contribution in [3.63, 3.8) is 0 Å². The van der Waals surface area contributed by atoms with Gasteiger partial charge in [-0.3, -0.25) is 21.3 Å². The van der Waals surface area contributed by atoms with Gasteiger partial charge in [-0.05, 0) is 137 Å². The minimum absolute atomic E-state index is 0.0781. The summed E-state index contributed by atoms with van der Waals surface area (Å²) in [6.07, 6.45) is 0.502. The first-order chi connectivity index (χ1) is 31.6. The highest BCUT2D eigenvalue weighted by atomic mass is 16.6. The minimum atomic E-state index is -0.665. The summed E-state index contributed by atoms with van der Waals surface area (Å²) in [7, 11) is 0. The topological polar surface area (TPSA) is 206 Å². The molecule has 16 nitrogen and oxygen atoms in total. The standard InChI is InChI=1S/C50H58N4O12/c1-33(2)45(55)63-31-35(5)65-49(59)53-43-23-15-39(16-24-43)29-37-11-19-41(20-12-37)51-47(57)61-27-9-7-8-10-28-62-48(58)52-42-21-13-38(14-22-42)30-40-17-25-44(26-18-40)54-50(60)66-36(6)32-64-46(56)34(3)4/h11-26,35-36H,1,3,7-10,27-32H2,2,4-6H3,(H,51,57)(H,52,58)(H,53,59)(H,54,60). The van der Waals surface area contributed by atoms with Crippen molar-refractivity contribution in [1.82, 2.24) is 0 Å². The molecule has 4 rings (SSSR count). The van der Waals surface area contributed by atoms with Gasteiger partial charge in [0.2, 0.25) is 0 Å². The third-order valence-electron chi connectivity index (χ3n) is 9.33. The van der Waals surface area contributed by atoms with Crippen molar-refractivity contribution in [3.8, 4) is 0 Å². The summed E-state index contributed by atoms with van der Waals surface area (Å²) in [5.74, 6) is -1.09. The quantitative estimate of drug-likeness (QED) is 0.0237. The van der Waals surface area contributed by atoms with Crippen LogP contribution in [0.4, 0.5) is 41.9 Å². The first-order valence-electron chi connectivity index (χ1n) is 21.5. The van der Waals surface area contributed by atoms with E-state index in [2.05, 4.69) is 34.4 Å². The van der Waals surface area contributed by atoms with E-state index in [0.29, 0.717) is 48.4 Å². The van der Waals surface area contributed by atoms with E-state index in [9.17, 15) is 28.8 Å². The first kappa shape index (κ1) is 51.0. The van der Waals surface area contributed by atoms with Gasteiger partial charge in [-0.2, -0.15) is 0 Å². The molecule has 0 aliphatic carbocycles. The van der Waals surface area contributed by atoms with Crippen LogP contribution in [0.25, 0.3) is 0 Å². The molecular weight excluding hydrogens is 849 g/mol. The van der Waals surface area contributed by atoms with Crippen molar-refractivity contribution in [2.24, 2.45) is 0 Å². The molecule has 0 fully saturated rings. The predicted molar refractivity (Wildman–Crippen MR) is 250 cm³/mol. The van der Waals surface area contributed by atoms with Crippen LogP contribution in [0, 0.1) is 0 Å². The molecule has 0 saturated heterocycles. The second-order valence-electron chi connectivity index (χ2n) is 15.5. The van der Waals surface area contributed by atoms with Crippen LogP contribution in [0.2, 0.25) is 0 Å². The molecule has 2 atom stereocenters. The van der Waals surface area contributed by atoms with Crippen molar-refractivity contribution in [3.05, 3.63) is 144 Å². The zero-order valence-electron chi connectivity index (χ0n) is 37.8. The predicted octanol–water partition coefficient (Wildman–Crippen LogP) is 10.3. The Hall–Kier alpha value is -7.62. The van der Waals surface area contributed by atoms with E-state index in [1.807, 2.05) is 48.5 Å². The lowest BCUT2D eigenvalue weighted by atomic mass is 10.0. The normalized spacial score (nSPS) is 11.4. The molecule has 66 heavy (non-hydrogen) atoms. The van der Waals surface area contributed by atoms with Crippen LogP contribution in [-0.2, 0) is 50.9 Å². The molecule has 2 unspecified atom stereocenters. The number of esters is 2. The van der Waals surface area contributed by atoms with Gasteiger partial charge in [0.25, 0.3) is 0 Å². The van der Waals surface area contributed by atoms with Crippen LogP contribution >= 0.6 is 0 Å². The number of unbranched alkanes of at least 4 members (excludes halogenated alkanes) is 3. The monoisotopic (exact) mass is 906 g/mol. The lowest BCUT2D eigenvalue weighted by Crippen LogP contribution is -2.25. The number of carbonyl (C=O) groups excluding carboxylic acids is 6. The third kappa shape index (κ3) is 19.8. The molecule has 4 amide bonds. The molecule has 4 aromatic carbocycles. The average molecular weight is 907 g/mol. The van der Waals surface area contributed by atoms with E-state index in [-0.39, 0.29) is 37.6 Å². The smallest absolute Gasteiger partial charge is 0.412 e. The summed E-state index contributed by atoms with van der Waals surface area (Å²) in [5.41, 5.74) is 6.90. The number of amides is 4. The number of ether oxygens (including phenoxy) is 6. The number of benzene rings is 4. The highest BCUT2D eigenvalue weighted by Crippen LogP contribution is 2.19. The number of nitrogens with one attached hydrogen (secondary N) is 4. The van der Waals surface area contributed by atoms with Crippen molar-refractivity contribution in [2.45, 2.75) is 78.4 Å². The molecule has 4 N–H and O–H groups in total. The molecule has 0 saturated carbocycles. The van der Waals surface area contributed by atoms with E-state index in [1.54, 1.807) is 62.4 Å². The SMILES string of the molecule is C=C(C)C(=O)OCC(C)OC(=O)Nc1ccc(Cc2ccc(NC(=O)OCCCCCCOC(=O)Nc3ccc(Cc4ccc(NC(=O)OC(C)COC(=O)C(=C)C)cc4)cc3)cc2)cc1. The van der Waals surface area contributed by atoms with Gasteiger partial charge >= 0.3 is 36.3 Å². The lowest BCUT2D eigenvalue weighted by molar-refractivity contribution is -0.142. The highest BCUT2D eigenvalue weighted by molar-refractivity contribution is 5.88. The fourth-order valence-electron chi connectivity index (χ4n) is 5.85. The summed E-state index contributed by atoms with van der Waals surface area (Å²) >= 11 is 0. The lowest BCUT2D eigenvalue weighted by Gasteiger charge is -2.14. The Morgan fingerprint density at radius 2 is 0.697 bits per heavy atom. The molecule has 0 spiro atoms. The number of rotatable bonds is 23. The zero-order valence-corrected chi connectivity index (χ0v) is 37.8. The van der Waals surface area contributed by atoms with Crippen molar-refractivity contribution < 1.29 is 57.2 Å². The molecule has 0 aliphatic rings. The summed E-state index contributed by atoms with van der Waals surface area (Å²) < 4.78 is 31.1. The van der Waals surface area contributed by atoms with Gasteiger partial charge in [0, 0.05) is 33.9 Å². The van der Waals surface area contributed by atoms with Crippen LogP contribution in [-0.4, -0.2) is 74.9 Å². The Balaban J connectivity index is 1.02. The Kier molecular flexibility index (Phi) is 20.8. The van der Waals surface area contributed by atoms with E-state index in [1.165, 1.54) is 13.8 Å². The van der Waals surface area contributed by atoms with E-state index >= 15 is 0 Å². The molecule has 16 heteroatoms. The van der Waals surface area contributed by atoms with Gasteiger partial charge < -0.3 is 28.4 Å². The fourth-order valence-corrected chi connectivity index (χ4v) is 5.85. The van der Waals surface area contributed by atoms with E-state index in [0.717, 1.165) is 35.1 Å². The number of anilines is 4. The zero-order chi connectivity index (χ0) is 47.8. The largest absolute Gasteiger partial charge is 0.458 e. The van der Waals surface area contributed by atoms with E-state index in [4.69, 9.17) is 28.4 Å². The van der Waals surface area contributed by atoms with Gasteiger partial charge in [0.1, 0.15) is 25.4 Å². The Bertz CT molecular complexity index is 2100. The van der Waals surface area contributed by atoms with Crippen molar-refractivity contribution >= 4 is 59.1 Å². The van der Waals surface area contributed by atoms with Crippen molar-refractivity contribution in [2.75, 3.05) is 47.7 Å². The van der Waals surface area contributed by atoms with Crippen LogP contribution in [0.3, 0.4) is 0 Å². The first-order valence-corrected chi connectivity index (χ1v) is 21.5. The van der Waals surface area contributed by atoms with Gasteiger partial charge in [0.15, 0.2) is 0 Å². The fraction of sp³-hybridized carbons (Fsp3) is 0.320. The second kappa shape index (κ2) is 26.9. The van der Waals surface area contributed by atoms with Gasteiger partial charge in [-0.1, -0.05) is 61.7 Å². The Labute approximate surface area is 385 Å². The van der Waals surface area contributed by atoms with Gasteiger partial charge in [0.05, 0.1) is 13.2 Å². The second-order valence-corrected chi connectivity index (χ2v) is 15.5. The number of hydrogen-bond acceptors (Lipinski definition) is 12. The summed E-state index contributed by atoms with van der Waals surface area (Å²) in [5, 5.41) is 10.8. The van der Waals surface area contributed by atoms with E-state index < -0.39 is 48.5 Å². The molecule has 350 valence electrons. The average Bonchev–Trinajstić information content (AvgIpc) is 3.28. The molecule has 0 radical (unpaired) electrons. The van der Waals surface area contributed by atoms with Crippen LogP contribution in [0.15, 0.2) is 121 Å². The molecular formula is C50H58N4O12. The third-order valence-corrected chi connectivity index (χ3v) is 9.33. The van der Waals surface area contributed by atoms with Gasteiger partial charge in [-0.15, -0.1) is 0 Å². The van der Waals surface area contributed by atoms with Crippen molar-refractivity contribution in [1.29, 1.82) is 0 Å². The molecule has 0 aliphatic heterocycles. The van der Waals surface area contributed by atoms with Crippen LogP contribution in [0.1, 0.15) is 75.6 Å². The molecule has 4 aromatic rings. The Morgan fingerprint density at radius 1 is 0.424 bits per heavy atom. The Morgan fingerprint density at radius 3 is 0.970 bits per heavy atom. The maximum atomic E-state index is 12.3. The molecule has 0 bridgehead atoms. The molecule has 0 aromatic heterocycles. The highest BCUT2D eigenvalue weighted by Gasteiger charge is 2.15. The summed E-state index contributed by atoms with van der Waals surface area (Å²) in [6, 6.07) is 29.4. The minimum Gasteiger partial charge on any atom is -0.458 e. The number of hydrogen-bond donors (Lipinski definition) is 4. The summed E-state index contributed by atoms with van der Waals surface area (Å²) in [4.78, 5) is 72.1. The van der Waals surface area contributed by atoms with Crippen LogP contribution in [0.5, 0.6) is 0 Å². The maximum Gasteiger partial charge on any atom is 0.412 e. The summed E-state index contributed by atoms with van der Waals surface area (Å²) in [6.45, 7) is 13.7. The van der Waals surface area contributed by atoms with Gasteiger partial charge in [-0.25, -0.2) is 28.8 Å². The number of carbonyl (C=O) groups is 6.